The second-order valence-corrected chi connectivity index (χ2v) is 5.50. The molecule has 0 aromatic carbocycles. The molecule has 5 heteroatoms. The summed E-state index contributed by atoms with van der Waals surface area (Å²) in [6.07, 6.45) is 3.30. The Kier molecular flexibility index (Phi) is 3.94. The lowest BCUT2D eigenvalue weighted by Gasteiger charge is -2.29. The van der Waals surface area contributed by atoms with Crippen LogP contribution >= 0.6 is 34.2 Å². The van der Waals surface area contributed by atoms with Crippen LogP contribution in [-0.2, 0) is 0 Å². The van der Waals surface area contributed by atoms with Gasteiger partial charge in [-0.3, -0.25) is 0 Å². The third-order valence-electron chi connectivity index (χ3n) is 2.10. The molecule has 0 aliphatic carbocycles. The van der Waals surface area contributed by atoms with Crippen molar-refractivity contribution in [3.05, 3.63) is 16.1 Å². The van der Waals surface area contributed by atoms with Gasteiger partial charge in [-0.25, -0.2) is 9.97 Å². The van der Waals surface area contributed by atoms with Gasteiger partial charge in [-0.1, -0.05) is 0 Å². The highest BCUT2D eigenvalue weighted by molar-refractivity contribution is 14.1. The lowest BCUT2D eigenvalue weighted by molar-refractivity contribution is 0.552. The number of nitrogens with one attached hydrogen (secondary N) is 1. The molecule has 0 saturated heterocycles. The zero-order valence-corrected chi connectivity index (χ0v) is 11.3. The van der Waals surface area contributed by atoms with Crippen molar-refractivity contribution in [2.75, 3.05) is 5.32 Å². The molecular formula is C9H13ClIN3. The van der Waals surface area contributed by atoms with Crippen LogP contribution in [-0.4, -0.2) is 20.9 Å². The van der Waals surface area contributed by atoms with E-state index in [1.165, 1.54) is 6.33 Å². The predicted molar refractivity (Wildman–Crippen MR) is 67.8 cm³/mol. The predicted octanol–water partition coefficient (Wildman–Crippen LogP) is 2.90. The monoisotopic (exact) mass is 325 g/mol. The van der Waals surface area contributed by atoms with Crippen LogP contribution in [0.15, 0.2) is 12.5 Å². The normalized spacial score (nSPS) is 13.8. The van der Waals surface area contributed by atoms with Gasteiger partial charge < -0.3 is 5.32 Å². The highest BCUT2D eigenvalue weighted by Crippen LogP contribution is 2.22. The van der Waals surface area contributed by atoms with Gasteiger partial charge in [0.15, 0.2) is 0 Å². The average molecular weight is 326 g/mol. The zero-order valence-electron chi connectivity index (χ0n) is 8.38. The first-order valence-electron chi connectivity index (χ1n) is 4.31. The molecule has 14 heavy (non-hydrogen) atoms. The molecular weight excluding hydrogens is 312 g/mol. The van der Waals surface area contributed by atoms with Crippen molar-refractivity contribution < 1.29 is 0 Å². The maximum atomic E-state index is 6.06. The fraction of sp³-hybridized carbons (Fsp3) is 0.556. The lowest BCUT2D eigenvalue weighted by atomic mass is 10.0. The highest BCUT2D eigenvalue weighted by atomic mass is 127. The molecule has 0 radical (unpaired) electrons. The van der Waals surface area contributed by atoms with E-state index in [0.29, 0.717) is 0 Å². The van der Waals surface area contributed by atoms with Crippen LogP contribution in [0.2, 0.25) is 0 Å². The second kappa shape index (κ2) is 4.61. The van der Waals surface area contributed by atoms with Crippen molar-refractivity contribution in [3.8, 4) is 0 Å². The molecule has 0 amide bonds. The first-order valence-corrected chi connectivity index (χ1v) is 5.83. The van der Waals surface area contributed by atoms with Crippen molar-refractivity contribution in [1.82, 2.24) is 9.97 Å². The summed E-state index contributed by atoms with van der Waals surface area (Å²) in [6, 6.07) is 0. The van der Waals surface area contributed by atoms with Crippen LogP contribution in [0.3, 0.4) is 0 Å². The van der Waals surface area contributed by atoms with Crippen molar-refractivity contribution in [1.29, 1.82) is 0 Å². The first kappa shape index (κ1) is 12.0. The third kappa shape index (κ3) is 2.95. The van der Waals surface area contributed by atoms with Crippen LogP contribution in [0.1, 0.15) is 20.8 Å². The number of rotatable bonds is 3. The number of aromatic nitrogens is 2. The Balaban J connectivity index is 2.84. The van der Waals surface area contributed by atoms with Gasteiger partial charge in [0, 0.05) is 11.7 Å². The van der Waals surface area contributed by atoms with Gasteiger partial charge in [0.05, 0.1) is 8.95 Å². The number of nitrogens with zero attached hydrogens (tertiary/aromatic N) is 2. The molecule has 0 fully saturated rings. The Hall–Kier alpha value is -0.100. The van der Waals surface area contributed by atoms with Gasteiger partial charge in [0.1, 0.15) is 12.1 Å². The standard InChI is InChI=1S/C9H13ClIN3/c1-6(10)9(2,3)14-8-7(11)4-12-5-13-8/h4-6H,1-3H3,(H,12,13,14). The highest BCUT2D eigenvalue weighted by Gasteiger charge is 2.24. The van der Waals surface area contributed by atoms with Crippen LogP contribution < -0.4 is 5.32 Å². The van der Waals surface area contributed by atoms with Crippen molar-refractivity contribution in [2.24, 2.45) is 0 Å². The summed E-state index contributed by atoms with van der Waals surface area (Å²) in [4.78, 5) is 8.09. The summed E-state index contributed by atoms with van der Waals surface area (Å²) in [5, 5.41) is 3.32. The zero-order chi connectivity index (χ0) is 10.8. The molecule has 1 unspecified atom stereocenters. The smallest absolute Gasteiger partial charge is 0.143 e. The minimum absolute atomic E-state index is 0.0215. The molecule has 1 aromatic heterocycles. The van der Waals surface area contributed by atoms with Crippen LogP contribution in [0.5, 0.6) is 0 Å². The molecule has 78 valence electrons. The van der Waals surface area contributed by atoms with Crippen molar-refractivity contribution in [2.45, 2.75) is 31.7 Å². The summed E-state index contributed by atoms with van der Waals surface area (Å²) in [6.45, 7) is 6.05. The summed E-state index contributed by atoms with van der Waals surface area (Å²) in [5.41, 5.74) is -0.185. The molecule has 0 bridgehead atoms. The van der Waals surface area contributed by atoms with Gasteiger partial charge in [0.2, 0.25) is 0 Å². The van der Waals surface area contributed by atoms with Crippen molar-refractivity contribution in [3.63, 3.8) is 0 Å². The van der Waals surface area contributed by atoms with E-state index in [0.717, 1.165) is 9.39 Å². The largest absolute Gasteiger partial charge is 0.363 e. The Morgan fingerprint density at radius 3 is 2.71 bits per heavy atom. The van der Waals surface area contributed by atoms with Crippen LogP contribution in [0.25, 0.3) is 0 Å². The molecule has 1 rings (SSSR count). The minimum atomic E-state index is -0.185. The molecule has 1 atom stereocenters. The number of hydrogen-bond acceptors (Lipinski definition) is 3. The fourth-order valence-electron chi connectivity index (χ4n) is 0.809. The number of hydrogen-bond donors (Lipinski definition) is 1. The number of halogens is 2. The molecule has 0 spiro atoms. The fourth-order valence-corrected chi connectivity index (χ4v) is 1.30. The third-order valence-corrected chi connectivity index (χ3v) is 3.44. The minimum Gasteiger partial charge on any atom is -0.363 e. The second-order valence-electron chi connectivity index (χ2n) is 3.68. The topological polar surface area (TPSA) is 37.8 Å². The SMILES string of the molecule is CC(Cl)C(C)(C)Nc1ncncc1I. The molecule has 1 N–H and O–H groups in total. The maximum absolute atomic E-state index is 6.06. The van der Waals surface area contributed by atoms with Gasteiger partial charge in [0.25, 0.3) is 0 Å². The summed E-state index contributed by atoms with van der Waals surface area (Å²) in [5.74, 6) is 0.832. The lowest BCUT2D eigenvalue weighted by Crippen LogP contribution is -2.39. The van der Waals surface area contributed by atoms with Gasteiger partial charge in [-0.15, -0.1) is 11.6 Å². The van der Waals surface area contributed by atoms with E-state index in [4.69, 9.17) is 11.6 Å². The molecule has 1 aromatic rings. The molecule has 1 heterocycles. The average Bonchev–Trinajstić information content (AvgIpc) is 2.08. The van der Waals surface area contributed by atoms with E-state index in [1.807, 2.05) is 20.8 Å². The molecule has 0 aliphatic rings. The summed E-state index contributed by atoms with van der Waals surface area (Å²) >= 11 is 8.26. The van der Waals surface area contributed by atoms with E-state index >= 15 is 0 Å². The Bertz CT molecular complexity index is 315. The van der Waals surface area contributed by atoms with Crippen molar-refractivity contribution >= 4 is 40.0 Å². The Morgan fingerprint density at radius 1 is 1.57 bits per heavy atom. The van der Waals surface area contributed by atoms with E-state index in [9.17, 15) is 0 Å². The van der Waals surface area contributed by atoms with Gasteiger partial charge in [-0.05, 0) is 43.4 Å². The first-order chi connectivity index (χ1) is 6.43. The number of alkyl halides is 1. The molecule has 3 nitrogen and oxygen atoms in total. The Morgan fingerprint density at radius 2 is 2.21 bits per heavy atom. The van der Waals surface area contributed by atoms with Crippen LogP contribution in [0.4, 0.5) is 5.82 Å². The maximum Gasteiger partial charge on any atom is 0.143 e. The molecule has 0 aliphatic heterocycles. The quantitative estimate of drug-likeness (QED) is 0.686. The number of anilines is 1. The van der Waals surface area contributed by atoms with Crippen LogP contribution in [0, 0.1) is 3.57 Å². The van der Waals surface area contributed by atoms with Gasteiger partial charge in [-0.2, -0.15) is 0 Å². The van der Waals surface area contributed by atoms with E-state index in [-0.39, 0.29) is 10.9 Å². The summed E-state index contributed by atoms with van der Waals surface area (Å²) < 4.78 is 0.996. The van der Waals surface area contributed by atoms with E-state index in [2.05, 4.69) is 37.9 Å². The molecule has 0 saturated carbocycles. The summed E-state index contributed by atoms with van der Waals surface area (Å²) in [7, 11) is 0. The van der Waals surface area contributed by atoms with Gasteiger partial charge >= 0.3 is 0 Å². The van der Waals surface area contributed by atoms with E-state index in [1.54, 1.807) is 6.20 Å². The van der Waals surface area contributed by atoms with E-state index < -0.39 is 0 Å². The Labute approximate surface area is 103 Å².